The van der Waals surface area contributed by atoms with E-state index in [1.54, 1.807) is 0 Å². The van der Waals surface area contributed by atoms with Crippen LogP contribution >= 0.6 is 0 Å². The molecular weight excluding hydrogens is 238 g/mol. The molecule has 3 heteroatoms. The van der Waals surface area contributed by atoms with Crippen molar-refractivity contribution in [3.8, 4) is 0 Å². The van der Waals surface area contributed by atoms with Crippen molar-refractivity contribution >= 4 is 16.9 Å². The maximum absolute atomic E-state index is 11.0. The van der Waals surface area contributed by atoms with Crippen molar-refractivity contribution in [2.45, 2.75) is 31.6 Å². The molecule has 1 aliphatic carbocycles. The molecule has 0 aliphatic heterocycles. The minimum Gasteiger partial charge on any atom is -0.481 e. The number of benzene rings is 1. The molecule has 2 aromatic rings. The van der Waals surface area contributed by atoms with Crippen molar-refractivity contribution in [1.82, 2.24) is 4.98 Å². The summed E-state index contributed by atoms with van der Waals surface area (Å²) in [5.41, 5.74) is 2.36. The quantitative estimate of drug-likeness (QED) is 0.892. The molecule has 0 saturated heterocycles. The van der Waals surface area contributed by atoms with Gasteiger partial charge in [-0.05, 0) is 49.3 Å². The zero-order valence-corrected chi connectivity index (χ0v) is 10.7. The number of aliphatic carboxylic acids is 1. The van der Waals surface area contributed by atoms with Crippen LogP contribution < -0.4 is 0 Å². The third kappa shape index (κ3) is 2.33. The molecule has 1 fully saturated rings. The first kappa shape index (κ1) is 12.2. The Morgan fingerprint density at radius 2 is 1.84 bits per heavy atom. The average Bonchev–Trinajstić information content (AvgIpc) is 2.47. The highest BCUT2D eigenvalue weighted by Crippen LogP contribution is 2.38. The number of carboxylic acid groups (broad SMARTS) is 1. The zero-order chi connectivity index (χ0) is 13.2. The van der Waals surface area contributed by atoms with Gasteiger partial charge in [0.15, 0.2) is 0 Å². The predicted molar refractivity (Wildman–Crippen MR) is 74.1 cm³/mol. The van der Waals surface area contributed by atoms with E-state index in [0.717, 1.165) is 31.2 Å². The Bertz CT molecular complexity index is 595. The van der Waals surface area contributed by atoms with Crippen LogP contribution in [0.1, 0.15) is 37.2 Å². The highest BCUT2D eigenvalue weighted by atomic mass is 16.4. The molecule has 1 aliphatic rings. The smallest absolute Gasteiger partial charge is 0.306 e. The van der Waals surface area contributed by atoms with Gasteiger partial charge in [0.1, 0.15) is 0 Å². The molecule has 1 heterocycles. The van der Waals surface area contributed by atoms with Gasteiger partial charge >= 0.3 is 5.97 Å². The molecule has 1 saturated carbocycles. The van der Waals surface area contributed by atoms with Crippen LogP contribution in [0.25, 0.3) is 10.9 Å². The van der Waals surface area contributed by atoms with Gasteiger partial charge in [0.25, 0.3) is 0 Å². The molecule has 3 rings (SSSR count). The normalized spacial score (nSPS) is 23.4. The van der Waals surface area contributed by atoms with Crippen molar-refractivity contribution in [3.63, 3.8) is 0 Å². The van der Waals surface area contributed by atoms with Gasteiger partial charge in [0.2, 0.25) is 0 Å². The van der Waals surface area contributed by atoms with Crippen LogP contribution in [0.4, 0.5) is 0 Å². The van der Waals surface area contributed by atoms with Crippen molar-refractivity contribution in [3.05, 3.63) is 42.1 Å². The second-order valence-electron chi connectivity index (χ2n) is 5.30. The lowest BCUT2D eigenvalue weighted by molar-refractivity contribution is -0.142. The van der Waals surface area contributed by atoms with Gasteiger partial charge in [-0.2, -0.15) is 0 Å². The number of aromatic nitrogens is 1. The third-order valence-corrected chi connectivity index (χ3v) is 4.20. The average molecular weight is 255 g/mol. The number of carboxylic acids is 1. The van der Waals surface area contributed by atoms with E-state index in [1.807, 2.05) is 24.4 Å². The molecule has 0 bridgehead atoms. The van der Waals surface area contributed by atoms with Crippen LogP contribution in [-0.2, 0) is 4.79 Å². The summed E-state index contributed by atoms with van der Waals surface area (Å²) in [6.07, 6.45) is 5.37. The summed E-state index contributed by atoms with van der Waals surface area (Å²) in [6.45, 7) is 0. The van der Waals surface area contributed by atoms with Gasteiger partial charge in [-0.1, -0.05) is 18.2 Å². The Hall–Kier alpha value is -1.90. The topological polar surface area (TPSA) is 50.2 Å². The fourth-order valence-electron chi connectivity index (χ4n) is 3.13. The second-order valence-corrected chi connectivity index (χ2v) is 5.30. The minimum atomic E-state index is -0.641. The molecule has 98 valence electrons. The maximum atomic E-state index is 11.0. The van der Waals surface area contributed by atoms with E-state index in [2.05, 4.69) is 17.1 Å². The van der Waals surface area contributed by atoms with Gasteiger partial charge in [0.05, 0.1) is 11.4 Å². The van der Waals surface area contributed by atoms with Crippen molar-refractivity contribution < 1.29 is 9.90 Å². The summed E-state index contributed by atoms with van der Waals surface area (Å²) in [5.74, 6) is -0.314. The van der Waals surface area contributed by atoms with Gasteiger partial charge in [0, 0.05) is 11.6 Å². The number of carbonyl (C=O) groups is 1. The largest absolute Gasteiger partial charge is 0.481 e. The van der Waals surface area contributed by atoms with E-state index in [0.29, 0.717) is 5.92 Å². The Kier molecular flexibility index (Phi) is 3.20. The summed E-state index contributed by atoms with van der Waals surface area (Å²) >= 11 is 0. The van der Waals surface area contributed by atoms with E-state index in [9.17, 15) is 4.79 Å². The molecule has 1 N–H and O–H groups in total. The van der Waals surface area contributed by atoms with Gasteiger partial charge in [-0.15, -0.1) is 0 Å². The van der Waals surface area contributed by atoms with Crippen LogP contribution in [0.5, 0.6) is 0 Å². The number of hydrogen-bond acceptors (Lipinski definition) is 2. The van der Waals surface area contributed by atoms with Crippen molar-refractivity contribution in [1.29, 1.82) is 0 Å². The summed E-state index contributed by atoms with van der Waals surface area (Å²) in [4.78, 5) is 15.4. The van der Waals surface area contributed by atoms with E-state index in [4.69, 9.17) is 5.11 Å². The Labute approximate surface area is 112 Å². The Morgan fingerprint density at radius 3 is 2.58 bits per heavy atom. The fourth-order valence-corrected chi connectivity index (χ4v) is 3.13. The van der Waals surface area contributed by atoms with Crippen LogP contribution in [-0.4, -0.2) is 16.1 Å². The van der Waals surface area contributed by atoms with E-state index in [1.165, 1.54) is 10.9 Å². The van der Waals surface area contributed by atoms with Crippen LogP contribution in [0.3, 0.4) is 0 Å². The van der Waals surface area contributed by atoms with Crippen molar-refractivity contribution in [2.75, 3.05) is 0 Å². The standard InChI is InChI=1S/C16H17NO2/c18-16(19)12-7-5-11(6-8-12)13-9-10-17-15-4-2-1-3-14(13)15/h1-4,9-12H,5-8H2,(H,18,19)/t11-,12-. The number of nitrogens with zero attached hydrogens (tertiary/aromatic N) is 1. The first-order valence-corrected chi connectivity index (χ1v) is 6.82. The number of fused-ring (bicyclic) bond motifs is 1. The first-order valence-electron chi connectivity index (χ1n) is 6.82. The van der Waals surface area contributed by atoms with E-state index in [-0.39, 0.29) is 5.92 Å². The number of rotatable bonds is 2. The Balaban J connectivity index is 1.88. The van der Waals surface area contributed by atoms with Crippen LogP contribution in [0, 0.1) is 5.92 Å². The Morgan fingerprint density at radius 1 is 1.11 bits per heavy atom. The lowest BCUT2D eigenvalue weighted by atomic mass is 9.78. The van der Waals surface area contributed by atoms with Crippen LogP contribution in [0.15, 0.2) is 36.5 Å². The lowest BCUT2D eigenvalue weighted by Gasteiger charge is -2.27. The SMILES string of the molecule is O=C(O)[C@H]1CC[C@H](c2ccnc3ccccc32)CC1. The molecule has 0 unspecified atom stereocenters. The molecule has 3 nitrogen and oxygen atoms in total. The van der Waals surface area contributed by atoms with Crippen LogP contribution in [0.2, 0.25) is 0 Å². The summed E-state index contributed by atoms with van der Waals surface area (Å²) in [7, 11) is 0. The molecule has 0 spiro atoms. The summed E-state index contributed by atoms with van der Waals surface area (Å²) < 4.78 is 0. The summed E-state index contributed by atoms with van der Waals surface area (Å²) in [6, 6.07) is 10.3. The maximum Gasteiger partial charge on any atom is 0.306 e. The fraction of sp³-hybridized carbons (Fsp3) is 0.375. The molecule has 0 radical (unpaired) electrons. The monoisotopic (exact) mass is 255 g/mol. The van der Waals surface area contributed by atoms with Gasteiger partial charge < -0.3 is 5.11 Å². The molecule has 1 aromatic heterocycles. The van der Waals surface area contributed by atoms with E-state index < -0.39 is 5.97 Å². The van der Waals surface area contributed by atoms with Gasteiger partial charge in [-0.3, -0.25) is 9.78 Å². The highest BCUT2D eigenvalue weighted by molar-refractivity contribution is 5.82. The molecule has 1 aromatic carbocycles. The van der Waals surface area contributed by atoms with Gasteiger partial charge in [-0.25, -0.2) is 0 Å². The molecule has 0 atom stereocenters. The molecule has 19 heavy (non-hydrogen) atoms. The highest BCUT2D eigenvalue weighted by Gasteiger charge is 2.27. The summed E-state index contributed by atoms with van der Waals surface area (Å²) in [5, 5.41) is 10.3. The zero-order valence-electron chi connectivity index (χ0n) is 10.7. The minimum absolute atomic E-state index is 0.149. The third-order valence-electron chi connectivity index (χ3n) is 4.20. The number of hydrogen-bond donors (Lipinski definition) is 1. The molecular formula is C16H17NO2. The van der Waals surface area contributed by atoms with Crippen molar-refractivity contribution in [2.24, 2.45) is 5.92 Å². The first-order chi connectivity index (χ1) is 9.25. The lowest BCUT2D eigenvalue weighted by Crippen LogP contribution is -2.20. The predicted octanol–water partition coefficient (Wildman–Crippen LogP) is 3.59. The molecule has 0 amide bonds. The number of pyridine rings is 1. The van der Waals surface area contributed by atoms with E-state index >= 15 is 0 Å². The number of para-hydroxylation sites is 1. The second kappa shape index (κ2) is 5.00.